The van der Waals surface area contributed by atoms with E-state index in [0.29, 0.717) is 24.7 Å². The quantitative estimate of drug-likeness (QED) is 0.537. The third-order valence-corrected chi connectivity index (χ3v) is 3.15. The van der Waals surface area contributed by atoms with Crippen molar-refractivity contribution in [3.05, 3.63) is 35.0 Å². The highest BCUT2D eigenvalue weighted by Gasteiger charge is 2.11. The largest absolute Gasteiger partial charge is 0.476 e. The van der Waals surface area contributed by atoms with Gasteiger partial charge in [0, 0.05) is 12.7 Å². The summed E-state index contributed by atoms with van der Waals surface area (Å²) >= 11 is 0. The minimum absolute atomic E-state index is 0.432. The molecule has 112 valence electrons. The lowest BCUT2D eigenvalue weighted by Crippen LogP contribution is -2.31. The minimum atomic E-state index is 0.432. The highest BCUT2D eigenvalue weighted by molar-refractivity contribution is 5.99. The van der Waals surface area contributed by atoms with Crippen LogP contribution in [-0.4, -0.2) is 25.4 Å². The van der Waals surface area contributed by atoms with Gasteiger partial charge < -0.3 is 26.5 Å². The van der Waals surface area contributed by atoms with Crippen molar-refractivity contribution in [2.24, 2.45) is 5.73 Å². The van der Waals surface area contributed by atoms with Crippen molar-refractivity contribution >= 4 is 5.71 Å². The van der Waals surface area contributed by atoms with E-state index in [1.807, 2.05) is 26.1 Å². The second-order valence-electron chi connectivity index (χ2n) is 4.77. The second kappa shape index (κ2) is 8.30. The predicted octanol–water partition coefficient (Wildman–Crippen LogP) is 1.99. The van der Waals surface area contributed by atoms with Crippen molar-refractivity contribution < 1.29 is 4.74 Å². The van der Waals surface area contributed by atoms with Gasteiger partial charge in [0.2, 0.25) is 5.88 Å². The van der Waals surface area contributed by atoms with Gasteiger partial charge in [-0.1, -0.05) is 19.4 Å². The van der Waals surface area contributed by atoms with Crippen LogP contribution >= 0.6 is 0 Å². The predicted molar refractivity (Wildman–Crippen MR) is 83.3 cm³/mol. The molecule has 0 aliphatic carbocycles. The van der Waals surface area contributed by atoms with Gasteiger partial charge in [0.05, 0.1) is 18.0 Å². The van der Waals surface area contributed by atoms with Crippen LogP contribution in [0.25, 0.3) is 0 Å². The average molecular weight is 278 g/mol. The number of nitrogens with two attached hydrogens (primary N) is 1. The van der Waals surface area contributed by atoms with Crippen molar-refractivity contribution in [1.29, 1.82) is 5.41 Å². The molecule has 0 saturated carbocycles. The van der Waals surface area contributed by atoms with Crippen LogP contribution in [0.15, 0.2) is 35.0 Å². The molecule has 5 heteroatoms. The summed E-state index contributed by atoms with van der Waals surface area (Å²) in [5.41, 5.74) is 9.34. The van der Waals surface area contributed by atoms with Crippen molar-refractivity contribution in [1.82, 2.24) is 10.6 Å². The van der Waals surface area contributed by atoms with Crippen LogP contribution < -0.4 is 16.4 Å². The summed E-state index contributed by atoms with van der Waals surface area (Å²) in [5.74, 6) is 0.432. The molecule has 0 saturated heterocycles. The Balaban J connectivity index is 2.54. The molecule has 0 amide bonds. The number of rotatable bonds is 7. The summed E-state index contributed by atoms with van der Waals surface area (Å²) in [5, 5.41) is 14.4. The lowest BCUT2D eigenvalue weighted by atomic mass is 10.1. The molecule has 0 aromatic heterocycles. The fraction of sp³-hybridized carbons (Fsp3) is 0.533. The van der Waals surface area contributed by atoms with Gasteiger partial charge in [0.25, 0.3) is 0 Å². The Labute approximate surface area is 121 Å². The van der Waals surface area contributed by atoms with Crippen LogP contribution in [0.1, 0.15) is 33.6 Å². The molecule has 1 rings (SSSR count). The maximum Gasteiger partial charge on any atom is 0.208 e. The molecule has 0 bridgehead atoms. The first-order valence-electron chi connectivity index (χ1n) is 7.10. The zero-order valence-corrected chi connectivity index (χ0v) is 12.7. The Hall–Kier alpha value is -1.91. The minimum Gasteiger partial charge on any atom is -0.476 e. The van der Waals surface area contributed by atoms with Gasteiger partial charge in [-0.2, -0.15) is 0 Å². The fourth-order valence-corrected chi connectivity index (χ4v) is 2.06. The molecule has 20 heavy (non-hydrogen) atoms. The molecule has 0 unspecified atom stereocenters. The van der Waals surface area contributed by atoms with E-state index in [2.05, 4.69) is 17.6 Å². The summed E-state index contributed by atoms with van der Waals surface area (Å²) in [6.45, 7) is 7.94. The van der Waals surface area contributed by atoms with E-state index in [0.717, 1.165) is 36.2 Å². The number of ether oxygens (including phenoxy) is 1. The Morgan fingerprint density at radius 3 is 2.90 bits per heavy atom. The Kier molecular flexibility index (Phi) is 6.70. The Morgan fingerprint density at radius 1 is 1.55 bits per heavy atom. The van der Waals surface area contributed by atoms with E-state index < -0.39 is 0 Å². The molecule has 0 fully saturated rings. The molecule has 5 N–H and O–H groups in total. The monoisotopic (exact) mass is 278 g/mol. The number of nitrogens with one attached hydrogen (secondary N) is 3. The zero-order valence-electron chi connectivity index (χ0n) is 12.7. The van der Waals surface area contributed by atoms with Gasteiger partial charge in [-0.05, 0) is 31.4 Å². The van der Waals surface area contributed by atoms with Gasteiger partial charge in [-0.15, -0.1) is 0 Å². The summed E-state index contributed by atoms with van der Waals surface area (Å²) < 4.78 is 5.30. The van der Waals surface area contributed by atoms with Gasteiger partial charge in [-0.25, -0.2) is 0 Å². The van der Waals surface area contributed by atoms with Gasteiger partial charge in [0.15, 0.2) is 0 Å². The molecule has 0 aromatic rings. The summed E-state index contributed by atoms with van der Waals surface area (Å²) in [6, 6.07) is 0. The SMILES string of the molecule is C/C=C(/CCC)C(=N)CN/C=C(\C)C1=C(N)OCCN1. The second-order valence-corrected chi connectivity index (χ2v) is 4.77. The first-order valence-corrected chi connectivity index (χ1v) is 7.10. The van der Waals surface area contributed by atoms with Crippen LogP contribution in [0, 0.1) is 5.41 Å². The summed E-state index contributed by atoms with van der Waals surface area (Å²) in [7, 11) is 0. The van der Waals surface area contributed by atoms with E-state index in [1.165, 1.54) is 0 Å². The molecule has 1 aliphatic heterocycles. The summed E-state index contributed by atoms with van der Waals surface area (Å²) in [4.78, 5) is 0. The highest BCUT2D eigenvalue weighted by Crippen LogP contribution is 2.11. The molecule has 5 nitrogen and oxygen atoms in total. The lowest BCUT2D eigenvalue weighted by molar-refractivity contribution is 0.190. The topological polar surface area (TPSA) is 83.2 Å². The van der Waals surface area contributed by atoms with Crippen LogP contribution in [-0.2, 0) is 4.74 Å². The molecule has 0 atom stereocenters. The van der Waals surface area contributed by atoms with Crippen LogP contribution in [0.3, 0.4) is 0 Å². The smallest absolute Gasteiger partial charge is 0.208 e. The van der Waals surface area contributed by atoms with Crippen molar-refractivity contribution in [2.45, 2.75) is 33.6 Å². The Bertz CT molecular complexity index is 435. The van der Waals surface area contributed by atoms with Crippen molar-refractivity contribution in [3.8, 4) is 0 Å². The first-order chi connectivity index (χ1) is 9.60. The van der Waals surface area contributed by atoms with Crippen LogP contribution in [0.2, 0.25) is 0 Å². The molecule has 1 aliphatic rings. The fourth-order valence-electron chi connectivity index (χ4n) is 2.06. The van der Waals surface area contributed by atoms with Gasteiger partial charge in [-0.3, -0.25) is 0 Å². The van der Waals surface area contributed by atoms with Crippen molar-refractivity contribution in [3.63, 3.8) is 0 Å². The molecule has 0 spiro atoms. The van der Waals surface area contributed by atoms with E-state index in [-0.39, 0.29) is 0 Å². The molecule has 0 aromatic carbocycles. The highest BCUT2D eigenvalue weighted by atomic mass is 16.5. The van der Waals surface area contributed by atoms with Gasteiger partial charge >= 0.3 is 0 Å². The maximum absolute atomic E-state index is 8.04. The number of hydrogen-bond acceptors (Lipinski definition) is 5. The van der Waals surface area contributed by atoms with Crippen LogP contribution in [0.4, 0.5) is 0 Å². The average Bonchev–Trinajstić information content (AvgIpc) is 2.44. The van der Waals surface area contributed by atoms with Crippen molar-refractivity contribution in [2.75, 3.05) is 19.7 Å². The molecule has 0 radical (unpaired) electrons. The molecular formula is C15H26N4O. The van der Waals surface area contributed by atoms with E-state index in [1.54, 1.807) is 0 Å². The third-order valence-electron chi connectivity index (χ3n) is 3.15. The zero-order chi connectivity index (χ0) is 15.0. The molecular weight excluding hydrogens is 252 g/mol. The van der Waals surface area contributed by atoms with Crippen LogP contribution in [0.5, 0.6) is 0 Å². The molecule has 1 heterocycles. The van der Waals surface area contributed by atoms with E-state index in [4.69, 9.17) is 15.9 Å². The normalized spacial score (nSPS) is 16.6. The van der Waals surface area contributed by atoms with E-state index >= 15 is 0 Å². The number of allylic oxidation sites excluding steroid dienone is 2. The number of hydrogen-bond donors (Lipinski definition) is 4. The van der Waals surface area contributed by atoms with Gasteiger partial charge in [0.1, 0.15) is 6.61 Å². The first kappa shape index (κ1) is 16.1. The maximum atomic E-state index is 8.04. The summed E-state index contributed by atoms with van der Waals surface area (Å²) in [6.07, 6.45) is 5.90. The standard InChI is InChI=1S/C15H26N4O/c1-4-6-12(5-2)13(16)10-18-9-11(3)14-15(17)20-8-7-19-14/h5,9,16,18-19H,4,6-8,10,17H2,1-3H3/b11-9+,12-5-,16-13?. The third kappa shape index (κ3) is 4.64. The Morgan fingerprint density at radius 2 is 2.30 bits per heavy atom. The lowest BCUT2D eigenvalue weighted by Gasteiger charge is -2.20. The van der Waals surface area contributed by atoms with E-state index in [9.17, 15) is 0 Å².